The number of nitrogens with zero attached hydrogens (tertiary/aromatic N) is 1. The Morgan fingerprint density at radius 3 is 2.50 bits per heavy atom. The number of benzene rings is 1. The molecule has 1 aromatic carbocycles. The van der Waals surface area contributed by atoms with Crippen molar-refractivity contribution in [2.75, 3.05) is 23.7 Å². The molecule has 7 nitrogen and oxygen atoms in total. The van der Waals surface area contributed by atoms with Gasteiger partial charge in [-0.15, -0.1) is 0 Å². The average molecular weight is 357 g/mol. The van der Waals surface area contributed by atoms with Crippen molar-refractivity contribution in [3.63, 3.8) is 0 Å². The van der Waals surface area contributed by atoms with E-state index in [4.69, 9.17) is 0 Å². The van der Waals surface area contributed by atoms with Crippen molar-refractivity contribution >= 4 is 23.2 Å². The minimum absolute atomic E-state index is 0.00355. The van der Waals surface area contributed by atoms with E-state index >= 15 is 0 Å². The second-order valence-electron chi connectivity index (χ2n) is 7.96. The van der Waals surface area contributed by atoms with E-state index in [1.54, 1.807) is 0 Å². The number of amides is 2. The zero-order valence-electron chi connectivity index (χ0n) is 15.3. The van der Waals surface area contributed by atoms with Crippen molar-refractivity contribution in [3.8, 4) is 0 Å². The van der Waals surface area contributed by atoms with Gasteiger partial charge in [0.15, 0.2) is 0 Å². The Labute approximate surface area is 153 Å². The van der Waals surface area contributed by atoms with Gasteiger partial charge in [-0.1, -0.05) is 26.0 Å². The molecule has 0 aliphatic carbocycles. The molecule has 7 heteroatoms. The van der Waals surface area contributed by atoms with E-state index in [1.165, 1.54) is 0 Å². The third-order valence-corrected chi connectivity index (χ3v) is 5.95. The highest BCUT2D eigenvalue weighted by Gasteiger charge is 2.46. The standard InChI is InChI=1S/C19H27N5O2/c1-12(2)15-11-16(23-22-15)17(25)24-9-7-19(8-10-24)18(26)20-13-5-3-4-6-14(13)21-19/h3-6,12,15-16,21-23H,7-11H2,1-2H3,(H,20,26). The highest BCUT2D eigenvalue weighted by atomic mass is 16.2. The number of anilines is 2. The summed E-state index contributed by atoms with van der Waals surface area (Å²) >= 11 is 0. The number of carbonyl (C=O) groups is 2. The third-order valence-electron chi connectivity index (χ3n) is 5.95. The van der Waals surface area contributed by atoms with Crippen LogP contribution in [0.2, 0.25) is 0 Å². The number of nitrogens with one attached hydrogen (secondary N) is 4. The second-order valence-corrected chi connectivity index (χ2v) is 7.96. The van der Waals surface area contributed by atoms with Crippen LogP contribution in [0, 0.1) is 5.92 Å². The van der Waals surface area contributed by atoms with E-state index in [0.717, 1.165) is 17.8 Å². The Balaban J connectivity index is 1.40. The predicted octanol–water partition coefficient (Wildman–Crippen LogP) is 1.30. The van der Waals surface area contributed by atoms with E-state index < -0.39 is 5.54 Å². The minimum Gasteiger partial charge on any atom is -0.369 e. The lowest BCUT2D eigenvalue weighted by atomic mass is 9.84. The first-order valence-electron chi connectivity index (χ1n) is 9.47. The number of para-hydroxylation sites is 2. The molecule has 3 aliphatic rings. The average Bonchev–Trinajstić information content (AvgIpc) is 3.13. The lowest BCUT2D eigenvalue weighted by Gasteiger charge is -2.44. The lowest BCUT2D eigenvalue weighted by molar-refractivity contribution is -0.136. The Kier molecular flexibility index (Phi) is 4.36. The van der Waals surface area contributed by atoms with Crippen LogP contribution < -0.4 is 21.5 Å². The monoisotopic (exact) mass is 357 g/mol. The van der Waals surface area contributed by atoms with Crippen LogP contribution in [0.3, 0.4) is 0 Å². The van der Waals surface area contributed by atoms with Crippen molar-refractivity contribution in [3.05, 3.63) is 24.3 Å². The number of rotatable bonds is 2. The number of fused-ring (bicyclic) bond motifs is 1. The summed E-state index contributed by atoms with van der Waals surface area (Å²) < 4.78 is 0. The number of hydrazine groups is 1. The number of likely N-dealkylation sites (tertiary alicyclic amines) is 1. The molecule has 2 atom stereocenters. The van der Waals surface area contributed by atoms with Gasteiger partial charge in [0.1, 0.15) is 11.6 Å². The molecular weight excluding hydrogens is 330 g/mol. The van der Waals surface area contributed by atoms with Gasteiger partial charge in [-0.3, -0.25) is 15.0 Å². The van der Waals surface area contributed by atoms with E-state index in [2.05, 4.69) is 35.3 Å². The molecule has 2 saturated heterocycles. The largest absolute Gasteiger partial charge is 0.369 e. The molecule has 0 radical (unpaired) electrons. The molecule has 0 bridgehead atoms. The van der Waals surface area contributed by atoms with Crippen LogP contribution in [0.4, 0.5) is 11.4 Å². The molecule has 1 aromatic rings. The van der Waals surface area contributed by atoms with Crippen LogP contribution >= 0.6 is 0 Å². The maximum absolute atomic E-state index is 12.8. The number of hydrogen-bond acceptors (Lipinski definition) is 5. The molecule has 140 valence electrons. The zero-order chi connectivity index (χ0) is 18.3. The van der Waals surface area contributed by atoms with Gasteiger partial charge >= 0.3 is 0 Å². The van der Waals surface area contributed by atoms with Gasteiger partial charge in [0, 0.05) is 19.1 Å². The van der Waals surface area contributed by atoms with Crippen LogP contribution in [-0.4, -0.2) is 47.4 Å². The Morgan fingerprint density at radius 1 is 1.15 bits per heavy atom. The number of piperidine rings is 1. The molecule has 2 amide bonds. The van der Waals surface area contributed by atoms with Crippen LogP contribution in [-0.2, 0) is 9.59 Å². The molecule has 26 heavy (non-hydrogen) atoms. The highest BCUT2D eigenvalue weighted by molar-refractivity contribution is 6.06. The maximum atomic E-state index is 12.8. The van der Waals surface area contributed by atoms with Crippen molar-refractivity contribution in [1.82, 2.24) is 15.8 Å². The van der Waals surface area contributed by atoms with Crippen molar-refractivity contribution in [2.24, 2.45) is 5.92 Å². The van der Waals surface area contributed by atoms with Gasteiger partial charge < -0.3 is 15.5 Å². The van der Waals surface area contributed by atoms with Crippen LogP contribution in [0.25, 0.3) is 0 Å². The molecule has 2 unspecified atom stereocenters. The maximum Gasteiger partial charge on any atom is 0.250 e. The molecule has 0 aromatic heterocycles. The van der Waals surface area contributed by atoms with Crippen LogP contribution in [0.1, 0.15) is 33.1 Å². The molecule has 3 aliphatic heterocycles. The van der Waals surface area contributed by atoms with Gasteiger partial charge in [0.25, 0.3) is 0 Å². The fourth-order valence-corrected chi connectivity index (χ4v) is 4.12. The number of hydrogen-bond donors (Lipinski definition) is 4. The molecule has 4 rings (SSSR count). The quantitative estimate of drug-likeness (QED) is 0.641. The first-order valence-corrected chi connectivity index (χ1v) is 9.47. The normalized spacial score (nSPS) is 27.2. The summed E-state index contributed by atoms with van der Waals surface area (Å²) in [5.74, 6) is 0.621. The van der Waals surface area contributed by atoms with Gasteiger partial charge in [-0.2, -0.15) is 0 Å². The summed E-state index contributed by atoms with van der Waals surface area (Å²) in [4.78, 5) is 27.4. The van der Waals surface area contributed by atoms with Crippen molar-refractivity contribution in [1.29, 1.82) is 0 Å². The van der Waals surface area contributed by atoms with Crippen molar-refractivity contribution < 1.29 is 9.59 Å². The van der Waals surface area contributed by atoms with E-state index in [0.29, 0.717) is 37.9 Å². The smallest absolute Gasteiger partial charge is 0.250 e. The minimum atomic E-state index is -0.618. The Morgan fingerprint density at radius 2 is 1.85 bits per heavy atom. The third kappa shape index (κ3) is 2.95. The Hall–Kier alpha value is -2.12. The SMILES string of the molecule is CC(C)C1CC(C(=O)N2CCC3(CC2)Nc2ccccc2NC3=O)NN1. The predicted molar refractivity (Wildman–Crippen MR) is 101 cm³/mol. The summed E-state index contributed by atoms with van der Waals surface area (Å²) in [5.41, 5.74) is 7.52. The van der Waals surface area contributed by atoms with Gasteiger partial charge in [-0.25, -0.2) is 5.43 Å². The van der Waals surface area contributed by atoms with Gasteiger partial charge in [-0.05, 0) is 37.3 Å². The van der Waals surface area contributed by atoms with Crippen LogP contribution in [0.5, 0.6) is 0 Å². The fourth-order valence-electron chi connectivity index (χ4n) is 4.12. The second kappa shape index (κ2) is 6.55. The van der Waals surface area contributed by atoms with Crippen LogP contribution in [0.15, 0.2) is 24.3 Å². The molecule has 1 spiro atoms. The summed E-state index contributed by atoms with van der Waals surface area (Å²) in [5, 5.41) is 6.45. The van der Waals surface area contributed by atoms with E-state index in [9.17, 15) is 9.59 Å². The molecule has 3 heterocycles. The summed E-state index contributed by atoms with van der Waals surface area (Å²) in [6.07, 6.45) is 2.05. The molecular formula is C19H27N5O2. The Bertz CT molecular complexity index is 712. The molecule has 0 saturated carbocycles. The van der Waals surface area contributed by atoms with E-state index in [-0.39, 0.29) is 17.9 Å². The van der Waals surface area contributed by atoms with E-state index in [1.807, 2.05) is 29.2 Å². The topological polar surface area (TPSA) is 85.5 Å². The highest BCUT2D eigenvalue weighted by Crippen LogP contribution is 2.36. The fraction of sp³-hybridized carbons (Fsp3) is 0.579. The van der Waals surface area contributed by atoms with Gasteiger partial charge in [0.2, 0.25) is 11.8 Å². The summed E-state index contributed by atoms with van der Waals surface area (Å²) in [6, 6.07) is 7.89. The number of carbonyl (C=O) groups excluding carboxylic acids is 2. The van der Waals surface area contributed by atoms with Gasteiger partial charge in [0.05, 0.1) is 11.4 Å². The first kappa shape index (κ1) is 17.3. The first-order chi connectivity index (χ1) is 12.5. The summed E-state index contributed by atoms with van der Waals surface area (Å²) in [7, 11) is 0. The molecule has 2 fully saturated rings. The van der Waals surface area contributed by atoms with Crippen molar-refractivity contribution in [2.45, 2.75) is 50.7 Å². The zero-order valence-corrected chi connectivity index (χ0v) is 15.3. The molecule has 4 N–H and O–H groups in total. The summed E-state index contributed by atoms with van der Waals surface area (Å²) in [6.45, 7) is 5.49. The lowest BCUT2D eigenvalue weighted by Crippen LogP contribution is -2.60.